The van der Waals surface area contributed by atoms with E-state index in [1.54, 1.807) is 0 Å². The summed E-state index contributed by atoms with van der Waals surface area (Å²) in [7, 11) is 0. The number of ether oxygens (including phenoxy) is 1. The molecule has 0 bridgehead atoms. The van der Waals surface area contributed by atoms with E-state index in [4.69, 9.17) is 4.74 Å². The maximum absolute atomic E-state index is 14.4. The van der Waals surface area contributed by atoms with Gasteiger partial charge in [-0.25, -0.2) is 4.79 Å². The van der Waals surface area contributed by atoms with Gasteiger partial charge in [0, 0.05) is 17.7 Å². The predicted molar refractivity (Wildman–Crippen MR) is 92.7 cm³/mol. The van der Waals surface area contributed by atoms with E-state index in [1.807, 2.05) is 5.32 Å². The fourth-order valence-corrected chi connectivity index (χ4v) is 4.20. The van der Waals surface area contributed by atoms with Gasteiger partial charge in [-0.3, -0.25) is 9.59 Å². The Hall–Kier alpha value is -2.06. The molecule has 2 aliphatic carbocycles. The molecular weight excluding hydrogens is 377 g/mol. The van der Waals surface area contributed by atoms with Crippen molar-refractivity contribution in [3.8, 4) is 0 Å². The zero-order valence-corrected chi connectivity index (χ0v) is 16.0. The molecule has 1 atom stereocenters. The summed E-state index contributed by atoms with van der Waals surface area (Å²) in [5.74, 6) is -3.94. The van der Waals surface area contributed by atoms with E-state index in [2.05, 4.69) is 0 Å². The molecule has 1 unspecified atom stereocenters. The summed E-state index contributed by atoms with van der Waals surface area (Å²) in [6, 6.07) is -0.423. The van der Waals surface area contributed by atoms with Crippen LogP contribution in [0, 0.1) is 5.92 Å². The molecule has 0 spiro atoms. The lowest BCUT2D eigenvalue weighted by Crippen LogP contribution is -2.67. The highest BCUT2D eigenvalue weighted by Gasteiger charge is 2.71. The summed E-state index contributed by atoms with van der Waals surface area (Å²) in [6.07, 6.45) is -0.576. The van der Waals surface area contributed by atoms with Crippen molar-refractivity contribution in [2.24, 2.45) is 5.92 Å². The van der Waals surface area contributed by atoms with Gasteiger partial charge in [0.1, 0.15) is 5.57 Å². The van der Waals surface area contributed by atoms with E-state index < -0.39 is 47.0 Å². The zero-order chi connectivity index (χ0) is 20.7. The van der Waals surface area contributed by atoms with Crippen LogP contribution in [0.5, 0.6) is 0 Å². The molecule has 2 saturated carbocycles. The Labute approximate surface area is 161 Å². The molecule has 2 fully saturated rings. The fourth-order valence-electron chi connectivity index (χ4n) is 4.20. The number of allylic oxidation sites excluding steroid dienone is 1. The van der Waals surface area contributed by atoms with Gasteiger partial charge in [0.15, 0.2) is 0 Å². The number of carbonyl (C=O) groups excluding carboxylic acids is 3. The number of nitrogens with zero attached hydrogens (tertiary/aromatic N) is 1. The third kappa shape index (κ3) is 3.28. The third-order valence-corrected chi connectivity index (χ3v) is 5.74. The predicted octanol–water partition coefficient (Wildman–Crippen LogP) is 2.83. The second kappa shape index (κ2) is 7.40. The van der Waals surface area contributed by atoms with E-state index in [-0.39, 0.29) is 12.3 Å². The van der Waals surface area contributed by atoms with Gasteiger partial charge in [-0.05, 0) is 39.5 Å². The van der Waals surface area contributed by atoms with Crippen LogP contribution >= 0.6 is 0 Å². The van der Waals surface area contributed by atoms with E-state index in [0.29, 0.717) is 25.7 Å². The van der Waals surface area contributed by atoms with Crippen LogP contribution in [0.3, 0.4) is 0 Å². The van der Waals surface area contributed by atoms with Crippen LogP contribution in [-0.2, 0) is 19.1 Å². The van der Waals surface area contributed by atoms with Crippen LogP contribution in [0.4, 0.5) is 13.2 Å². The van der Waals surface area contributed by atoms with Gasteiger partial charge < -0.3 is 15.0 Å². The van der Waals surface area contributed by atoms with E-state index in [1.165, 1.54) is 13.8 Å². The number of halogens is 3. The van der Waals surface area contributed by atoms with Crippen molar-refractivity contribution in [2.75, 3.05) is 6.61 Å². The maximum atomic E-state index is 14.4. The quantitative estimate of drug-likeness (QED) is 0.718. The Morgan fingerprint density at radius 1 is 1.18 bits per heavy atom. The average Bonchev–Trinajstić information content (AvgIpc) is 3.43. The van der Waals surface area contributed by atoms with Crippen molar-refractivity contribution < 1.29 is 32.3 Å². The molecule has 3 aliphatic rings. The second-order valence-corrected chi connectivity index (χ2v) is 7.66. The van der Waals surface area contributed by atoms with Gasteiger partial charge in [0.2, 0.25) is 11.4 Å². The first-order chi connectivity index (χ1) is 13.1. The molecule has 6 nitrogen and oxygen atoms in total. The van der Waals surface area contributed by atoms with Gasteiger partial charge >= 0.3 is 12.1 Å². The van der Waals surface area contributed by atoms with Crippen LogP contribution in [0.15, 0.2) is 11.3 Å². The summed E-state index contributed by atoms with van der Waals surface area (Å²) in [4.78, 5) is 39.2. The molecule has 0 aromatic rings. The smallest absolute Gasteiger partial charge is 0.425 e. The van der Waals surface area contributed by atoms with E-state index in [9.17, 15) is 27.6 Å². The first-order valence-electron chi connectivity index (χ1n) is 9.76. The fraction of sp³-hybridized carbons (Fsp3) is 0.737. The lowest BCUT2D eigenvalue weighted by Gasteiger charge is -2.36. The van der Waals surface area contributed by atoms with Crippen LogP contribution in [0.2, 0.25) is 0 Å². The molecule has 9 heteroatoms. The molecule has 0 radical (unpaired) electrons. The first kappa shape index (κ1) is 20.7. The minimum Gasteiger partial charge on any atom is -0.462 e. The molecule has 1 heterocycles. The number of nitrogens with one attached hydrogen (secondary N) is 1. The number of hydrogen-bond donors (Lipinski definition) is 1. The number of rotatable bonds is 5. The highest BCUT2D eigenvalue weighted by atomic mass is 19.4. The van der Waals surface area contributed by atoms with Gasteiger partial charge in [-0.1, -0.05) is 19.3 Å². The molecule has 1 aliphatic heterocycles. The largest absolute Gasteiger partial charge is 0.462 e. The molecule has 28 heavy (non-hydrogen) atoms. The van der Waals surface area contributed by atoms with E-state index in [0.717, 1.165) is 24.2 Å². The number of alkyl halides is 3. The molecule has 2 amide bonds. The van der Waals surface area contributed by atoms with Crippen molar-refractivity contribution in [1.82, 2.24) is 10.2 Å². The highest BCUT2D eigenvalue weighted by Crippen LogP contribution is 2.47. The molecular formula is C19H25F3N2O4. The molecule has 0 aromatic carbocycles. The van der Waals surface area contributed by atoms with Crippen molar-refractivity contribution in [3.63, 3.8) is 0 Å². The standard InChI is InChI=1S/C19H25F3N2O4/c1-3-28-16(26)14-11(2)24(13-7-5-4-6-8-13)17(27)18(14,19(20,21)22)23-15(25)12-9-10-12/h12-13H,3-10H2,1-2H3,(H,23,25). The normalized spacial score (nSPS) is 26.6. The molecule has 3 rings (SSSR count). The van der Waals surface area contributed by atoms with Crippen LogP contribution in [-0.4, -0.2) is 47.0 Å². The summed E-state index contributed by atoms with van der Waals surface area (Å²) in [5, 5.41) is 1.92. The van der Waals surface area contributed by atoms with Crippen molar-refractivity contribution in [2.45, 2.75) is 76.6 Å². The van der Waals surface area contributed by atoms with Gasteiger partial charge in [0.25, 0.3) is 5.91 Å². The van der Waals surface area contributed by atoms with Gasteiger partial charge in [0.05, 0.1) is 6.61 Å². The number of amides is 2. The SMILES string of the molecule is CCOC(=O)C1=C(C)N(C2CCCCC2)C(=O)C1(NC(=O)C1CC1)C(F)(F)F. The van der Waals surface area contributed by atoms with Gasteiger partial charge in [-0.15, -0.1) is 0 Å². The topological polar surface area (TPSA) is 75.7 Å². The Bertz CT molecular complexity index is 708. The second-order valence-electron chi connectivity index (χ2n) is 7.66. The first-order valence-corrected chi connectivity index (χ1v) is 9.76. The zero-order valence-electron chi connectivity index (χ0n) is 16.0. The number of esters is 1. The average molecular weight is 402 g/mol. The van der Waals surface area contributed by atoms with Crippen LogP contribution < -0.4 is 5.32 Å². The Kier molecular flexibility index (Phi) is 5.46. The molecule has 156 valence electrons. The minimum atomic E-state index is -5.18. The summed E-state index contributed by atoms with van der Waals surface area (Å²) < 4.78 is 48.0. The van der Waals surface area contributed by atoms with Crippen LogP contribution in [0.25, 0.3) is 0 Å². The lowest BCUT2D eigenvalue weighted by atomic mass is 9.88. The summed E-state index contributed by atoms with van der Waals surface area (Å²) in [5.41, 5.74) is -4.28. The van der Waals surface area contributed by atoms with Crippen molar-refractivity contribution in [1.29, 1.82) is 0 Å². The Morgan fingerprint density at radius 2 is 1.79 bits per heavy atom. The lowest BCUT2D eigenvalue weighted by molar-refractivity contribution is -0.197. The van der Waals surface area contributed by atoms with Crippen molar-refractivity contribution >= 4 is 17.8 Å². The molecule has 0 aromatic heterocycles. The van der Waals surface area contributed by atoms with E-state index >= 15 is 0 Å². The molecule has 1 N–H and O–H groups in total. The molecule has 0 saturated heterocycles. The Balaban J connectivity index is 2.11. The highest BCUT2D eigenvalue weighted by molar-refractivity contribution is 6.10. The summed E-state index contributed by atoms with van der Waals surface area (Å²) >= 11 is 0. The maximum Gasteiger partial charge on any atom is 0.425 e. The minimum absolute atomic E-state index is 0.0798. The monoisotopic (exact) mass is 402 g/mol. The third-order valence-electron chi connectivity index (χ3n) is 5.74. The Morgan fingerprint density at radius 3 is 2.29 bits per heavy atom. The number of carbonyl (C=O) groups is 3. The summed E-state index contributed by atoms with van der Waals surface area (Å²) in [6.45, 7) is 2.66. The van der Waals surface area contributed by atoms with Gasteiger partial charge in [-0.2, -0.15) is 13.2 Å². The van der Waals surface area contributed by atoms with Crippen LogP contribution in [0.1, 0.15) is 58.8 Å². The number of hydrogen-bond acceptors (Lipinski definition) is 4. The van der Waals surface area contributed by atoms with Crippen molar-refractivity contribution in [3.05, 3.63) is 11.3 Å².